The molecule has 0 aliphatic rings. The number of aromatic nitrogens is 2. The third-order valence-corrected chi connectivity index (χ3v) is 5.85. The molecule has 0 spiro atoms. The normalized spacial score (nSPS) is 11.5. The number of sulfone groups is 1. The van der Waals surface area contributed by atoms with Crippen LogP contribution in [-0.2, 0) is 9.84 Å². The summed E-state index contributed by atoms with van der Waals surface area (Å²) < 4.78 is 23.9. The molecule has 6 heteroatoms. The fourth-order valence-electron chi connectivity index (χ4n) is 2.62. The highest BCUT2D eigenvalue weighted by Crippen LogP contribution is 2.26. The molecule has 0 amide bonds. The second kappa shape index (κ2) is 7.27. The summed E-state index contributed by atoms with van der Waals surface area (Å²) >= 11 is 0. The molecule has 2 aromatic carbocycles. The minimum absolute atomic E-state index is 0.199. The van der Waals surface area contributed by atoms with E-state index in [1.807, 2.05) is 37.3 Å². The average Bonchev–Trinajstić information content (AvgIpc) is 3.12. The molecular weight excluding hydrogens is 348 g/mol. The zero-order valence-corrected chi connectivity index (χ0v) is 15.3. The second-order valence-corrected chi connectivity index (χ2v) is 8.20. The lowest BCUT2D eigenvalue weighted by molar-refractivity contribution is 0.319. The number of nitrogens with zero attached hydrogens (tertiary/aromatic N) is 1. The summed E-state index contributed by atoms with van der Waals surface area (Å²) in [6.45, 7) is 5.50. The SMILES string of the molecule is C=C(C)c1ccc(-c2cc(-c3ccc(S(=O)(=O)CCO)cc3)[nH]n2)cc1. The molecule has 5 nitrogen and oxygen atoms in total. The predicted octanol–water partition coefficient (Wildman–Crippen LogP) is 3.54. The van der Waals surface area contributed by atoms with E-state index < -0.39 is 16.4 Å². The Hall–Kier alpha value is -2.70. The predicted molar refractivity (Wildman–Crippen MR) is 103 cm³/mol. The Labute approximate surface area is 152 Å². The van der Waals surface area contributed by atoms with Crippen LogP contribution in [0.25, 0.3) is 28.1 Å². The molecule has 0 aliphatic heterocycles. The van der Waals surface area contributed by atoms with E-state index in [2.05, 4.69) is 16.8 Å². The van der Waals surface area contributed by atoms with Gasteiger partial charge in [-0.25, -0.2) is 8.42 Å². The minimum atomic E-state index is -3.44. The van der Waals surface area contributed by atoms with E-state index in [0.29, 0.717) is 0 Å². The number of hydrogen-bond acceptors (Lipinski definition) is 4. The van der Waals surface area contributed by atoms with Crippen LogP contribution in [0.4, 0.5) is 0 Å². The van der Waals surface area contributed by atoms with Crippen molar-refractivity contribution in [2.24, 2.45) is 0 Å². The smallest absolute Gasteiger partial charge is 0.180 e. The number of aliphatic hydroxyl groups is 1. The summed E-state index contributed by atoms with van der Waals surface area (Å²) in [4.78, 5) is 0.199. The number of H-pyrrole nitrogens is 1. The highest BCUT2D eigenvalue weighted by molar-refractivity contribution is 7.91. The third-order valence-electron chi connectivity index (χ3n) is 4.14. The standard InChI is InChI=1S/C20H20N2O3S/c1-14(2)15-3-5-16(6-4-15)19-13-20(22-21-19)17-7-9-18(10-8-17)26(24,25)12-11-23/h3-10,13,23H,1,11-12H2,2H3,(H,21,22). The first kappa shape index (κ1) is 18.1. The summed E-state index contributed by atoms with van der Waals surface area (Å²) in [5, 5.41) is 16.2. The van der Waals surface area contributed by atoms with Gasteiger partial charge in [-0.15, -0.1) is 0 Å². The average molecular weight is 368 g/mol. The van der Waals surface area contributed by atoms with E-state index >= 15 is 0 Å². The largest absolute Gasteiger partial charge is 0.395 e. The van der Waals surface area contributed by atoms with Crippen LogP contribution in [0, 0.1) is 0 Å². The van der Waals surface area contributed by atoms with Gasteiger partial charge in [-0.2, -0.15) is 5.10 Å². The molecular formula is C20H20N2O3S. The molecule has 0 saturated heterocycles. The lowest BCUT2D eigenvalue weighted by Crippen LogP contribution is -2.09. The lowest BCUT2D eigenvalue weighted by atomic mass is 10.0. The summed E-state index contributed by atoms with van der Waals surface area (Å²) in [6.07, 6.45) is 0. The van der Waals surface area contributed by atoms with Gasteiger partial charge >= 0.3 is 0 Å². The minimum Gasteiger partial charge on any atom is -0.395 e. The van der Waals surface area contributed by atoms with Crippen LogP contribution < -0.4 is 0 Å². The molecule has 26 heavy (non-hydrogen) atoms. The number of rotatable bonds is 6. The van der Waals surface area contributed by atoms with Crippen molar-refractivity contribution in [3.8, 4) is 22.5 Å². The Morgan fingerprint density at radius 2 is 1.69 bits per heavy atom. The molecule has 1 aromatic heterocycles. The lowest BCUT2D eigenvalue weighted by Gasteiger charge is -2.03. The molecule has 2 N–H and O–H groups in total. The molecule has 1 heterocycles. The molecule has 0 unspecified atom stereocenters. The fraction of sp³-hybridized carbons (Fsp3) is 0.150. The maximum Gasteiger partial charge on any atom is 0.180 e. The van der Waals surface area contributed by atoms with Gasteiger partial charge < -0.3 is 5.11 Å². The van der Waals surface area contributed by atoms with Gasteiger partial charge in [0, 0.05) is 5.56 Å². The van der Waals surface area contributed by atoms with Crippen LogP contribution in [0.3, 0.4) is 0 Å². The van der Waals surface area contributed by atoms with Gasteiger partial charge in [0.2, 0.25) is 0 Å². The van der Waals surface area contributed by atoms with Crippen molar-refractivity contribution in [2.45, 2.75) is 11.8 Å². The first-order chi connectivity index (χ1) is 12.4. The van der Waals surface area contributed by atoms with Crippen LogP contribution in [0.2, 0.25) is 0 Å². The van der Waals surface area contributed by atoms with Crippen molar-refractivity contribution in [1.82, 2.24) is 10.2 Å². The van der Waals surface area contributed by atoms with E-state index in [0.717, 1.165) is 33.7 Å². The highest BCUT2D eigenvalue weighted by Gasteiger charge is 2.14. The molecule has 134 valence electrons. The van der Waals surface area contributed by atoms with E-state index in [9.17, 15) is 8.42 Å². The topological polar surface area (TPSA) is 83.0 Å². The van der Waals surface area contributed by atoms with Crippen LogP contribution in [0.1, 0.15) is 12.5 Å². The second-order valence-electron chi connectivity index (χ2n) is 6.09. The summed E-state index contributed by atoms with van der Waals surface area (Å²) in [7, 11) is -3.44. The van der Waals surface area contributed by atoms with Crippen LogP contribution in [-0.4, -0.2) is 36.1 Å². The van der Waals surface area contributed by atoms with Crippen molar-refractivity contribution in [2.75, 3.05) is 12.4 Å². The Kier molecular flexibility index (Phi) is 5.06. The fourth-order valence-corrected chi connectivity index (χ4v) is 3.65. The number of aromatic amines is 1. The Morgan fingerprint density at radius 1 is 1.08 bits per heavy atom. The molecule has 0 atom stereocenters. The summed E-state index contributed by atoms with van der Waals surface area (Å²) in [5.74, 6) is -0.277. The van der Waals surface area contributed by atoms with E-state index in [4.69, 9.17) is 5.11 Å². The van der Waals surface area contributed by atoms with Gasteiger partial charge in [0.25, 0.3) is 0 Å². The van der Waals surface area contributed by atoms with Crippen molar-refractivity contribution in [1.29, 1.82) is 0 Å². The quantitative estimate of drug-likeness (QED) is 0.697. The van der Waals surface area contributed by atoms with Crippen molar-refractivity contribution >= 4 is 15.4 Å². The van der Waals surface area contributed by atoms with Gasteiger partial charge in [-0.05, 0) is 36.2 Å². The molecule has 0 radical (unpaired) electrons. The molecule has 3 rings (SSSR count). The van der Waals surface area contributed by atoms with E-state index in [1.165, 1.54) is 0 Å². The molecule has 0 bridgehead atoms. The highest BCUT2D eigenvalue weighted by atomic mass is 32.2. The van der Waals surface area contributed by atoms with Gasteiger partial charge in [-0.3, -0.25) is 5.10 Å². The number of aliphatic hydroxyl groups excluding tert-OH is 1. The van der Waals surface area contributed by atoms with Gasteiger partial charge in [-0.1, -0.05) is 48.6 Å². The Balaban J connectivity index is 1.84. The maximum absolute atomic E-state index is 12.0. The van der Waals surface area contributed by atoms with E-state index in [1.54, 1.807) is 24.3 Å². The van der Waals surface area contributed by atoms with Crippen molar-refractivity contribution in [3.05, 3.63) is 66.7 Å². The van der Waals surface area contributed by atoms with E-state index in [-0.39, 0.29) is 10.6 Å². The first-order valence-electron chi connectivity index (χ1n) is 8.16. The first-order valence-corrected chi connectivity index (χ1v) is 9.82. The molecule has 0 saturated carbocycles. The number of nitrogens with one attached hydrogen (secondary N) is 1. The molecule has 0 fully saturated rings. The van der Waals surface area contributed by atoms with Gasteiger partial charge in [0.15, 0.2) is 9.84 Å². The van der Waals surface area contributed by atoms with Crippen LogP contribution >= 0.6 is 0 Å². The number of allylic oxidation sites excluding steroid dienone is 1. The Morgan fingerprint density at radius 3 is 2.27 bits per heavy atom. The Bertz CT molecular complexity index is 1020. The zero-order valence-electron chi connectivity index (χ0n) is 14.4. The van der Waals surface area contributed by atoms with Crippen LogP contribution in [0.5, 0.6) is 0 Å². The van der Waals surface area contributed by atoms with Gasteiger partial charge in [0.1, 0.15) is 0 Å². The third kappa shape index (κ3) is 3.76. The van der Waals surface area contributed by atoms with Crippen LogP contribution in [0.15, 0.2) is 66.1 Å². The van der Waals surface area contributed by atoms with Crippen molar-refractivity contribution < 1.29 is 13.5 Å². The number of benzene rings is 2. The molecule has 3 aromatic rings. The summed E-state index contributed by atoms with van der Waals surface area (Å²) in [6, 6.07) is 16.5. The zero-order chi connectivity index (χ0) is 18.7. The monoisotopic (exact) mass is 368 g/mol. The maximum atomic E-state index is 12.0. The van der Waals surface area contributed by atoms with Gasteiger partial charge in [0.05, 0.1) is 28.6 Å². The molecule has 0 aliphatic carbocycles. The number of hydrogen-bond donors (Lipinski definition) is 2. The summed E-state index contributed by atoms with van der Waals surface area (Å²) in [5.41, 5.74) is 5.53. The van der Waals surface area contributed by atoms with Crippen molar-refractivity contribution in [3.63, 3.8) is 0 Å².